The Morgan fingerprint density at radius 3 is 2.68 bits per heavy atom. The zero-order valence-electron chi connectivity index (χ0n) is 12.3. The summed E-state index contributed by atoms with van der Waals surface area (Å²) >= 11 is 0. The zero-order chi connectivity index (χ0) is 16.0. The highest BCUT2D eigenvalue weighted by molar-refractivity contribution is 6.10. The van der Waals surface area contributed by atoms with Gasteiger partial charge in [-0.15, -0.1) is 0 Å². The molecular weight excluding hydrogens is 280 g/mol. The van der Waals surface area contributed by atoms with Crippen LogP contribution in [0.2, 0.25) is 0 Å². The van der Waals surface area contributed by atoms with Gasteiger partial charge in [-0.05, 0) is 37.6 Å². The van der Waals surface area contributed by atoms with Gasteiger partial charge in [0.15, 0.2) is 0 Å². The van der Waals surface area contributed by atoms with Crippen LogP contribution in [-0.2, 0) is 0 Å². The molecular formula is C16H16N4O2. The van der Waals surface area contributed by atoms with Crippen molar-refractivity contribution < 1.29 is 9.90 Å². The predicted octanol–water partition coefficient (Wildman–Crippen LogP) is 2.03. The van der Waals surface area contributed by atoms with E-state index in [4.69, 9.17) is 11.5 Å². The summed E-state index contributed by atoms with van der Waals surface area (Å²) in [5.74, 6) is -0.235. The van der Waals surface area contributed by atoms with Crippen LogP contribution in [0.5, 0.6) is 5.75 Å². The number of nitrogens with two attached hydrogens (primary N) is 2. The largest absolute Gasteiger partial charge is 0.508 e. The smallest absolute Gasteiger partial charge is 0.253 e. The number of pyridine rings is 1. The lowest BCUT2D eigenvalue weighted by Gasteiger charge is -2.15. The molecule has 6 heteroatoms. The number of hydrogen-bond donors (Lipinski definition) is 3. The molecule has 0 atom stereocenters. The van der Waals surface area contributed by atoms with Crippen LogP contribution in [0.3, 0.4) is 0 Å². The number of phenols is 1. The van der Waals surface area contributed by atoms with Crippen LogP contribution in [0.25, 0.3) is 16.7 Å². The standard InChI is InChI=1S/C16H16N4O2/c1-8-5-6-11(21)9(2)13(8)20-14(17)12(15(18)22)10-4-3-7-19-16(10)20/h3-7,21H,17H2,1-2H3,(H2,18,22). The Kier molecular flexibility index (Phi) is 3.02. The van der Waals surface area contributed by atoms with Crippen molar-refractivity contribution in [1.82, 2.24) is 9.55 Å². The Morgan fingerprint density at radius 1 is 1.27 bits per heavy atom. The predicted molar refractivity (Wildman–Crippen MR) is 85.1 cm³/mol. The van der Waals surface area contributed by atoms with Crippen molar-refractivity contribution in [2.75, 3.05) is 5.73 Å². The number of benzene rings is 1. The third kappa shape index (κ3) is 1.81. The first-order chi connectivity index (χ1) is 10.4. The fraction of sp³-hybridized carbons (Fsp3) is 0.125. The molecule has 1 amide bonds. The first-order valence-electron chi connectivity index (χ1n) is 6.77. The molecule has 0 saturated carbocycles. The van der Waals surface area contributed by atoms with Crippen LogP contribution in [0.1, 0.15) is 21.5 Å². The lowest BCUT2D eigenvalue weighted by atomic mass is 10.1. The number of hydrogen-bond acceptors (Lipinski definition) is 4. The molecule has 6 nitrogen and oxygen atoms in total. The number of nitrogens with zero attached hydrogens (tertiary/aromatic N) is 2. The highest BCUT2D eigenvalue weighted by Crippen LogP contribution is 2.35. The van der Waals surface area contributed by atoms with Crippen LogP contribution < -0.4 is 11.5 Å². The van der Waals surface area contributed by atoms with Crippen LogP contribution in [0.15, 0.2) is 30.5 Å². The molecule has 3 aromatic rings. The first-order valence-corrected chi connectivity index (χ1v) is 6.77. The molecule has 0 bridgehead atoms. The van der Waals surface area contributed by atoms with E-state index in [1.165, 1.54) is 0 Å². The third-order valence-electron chi connectivity index (χ3n) is 3.84. The number of carbonyl (C=O) groups excluding carboxylic acids is 1. The Bertz CT molecular complexity index is 912. The number of rotatable bonds is 2. The lowest BCUT2D eigenvalue weighted by molar-refractivity contribution is 0.100. The van der Waals surface area contributed by atoms with Gasteiger partial charge in [0.1, 0.15) is 17.2 Å². The number of fused-ring (bicyclic) bond motifs is 1. The van der Waals surface area contributed by atoms with Gasteiger partial charge in [0.05, 0.1) is 11.3 Å². The van der Waals surface area contributed by atoms with Crippen LogP contribution >= 0.6 is 0 Å². The lowest BCUT2D eigenvalue weighted by Crippen LogP contribution is -2.14. The molecule has 1 aromatic carbocycles. The fourth-order valence-corrected chi connectivity index (χ4v) is 2.79. The Labute approximate surface area is 127 Å². The molecule has 22 heavy (non-hydrogen) atoms. The number of nitrogen functional groups attached to an aromatic ring is 1. The van der Waals surface area contributed by atoms with Gasteiger partial charge in [-0.1, -0.05) is 6.07 Å². The van der Waals surface area contributed by atoms with E-state index in [0.717, 1.165) is 5.56 Å². The Morgan fingerprint density at radius 2 is 2.00 bits per heavy atom. The van der Waals surface area contributed by atoms with E-state index in [1.54, 1.807) is 42.0 Å². The third-order valence-corrected chi connectivity index (χ3v) is 3.84. The highest BCUT2D eigenvalue weighted by atomic mass is 16.3. The summed E-state index contributed by atoms with van der Waals surface area (Å²) in [7, 11) is 0. The minimum absolute atomic E-state index is 0.151. The quantitative estimate of drug-likeness (QED) is 0.672. The maximum Gasteiger partial charge on any atom is 0.253 e. The normalized spacial score (nSPS) is 11.0. The minimum atomic E-state index is -0.607. The molecule has 0 radical (unpaired) electrons. The molecule has 0 unspecified atom stereocenters. The number of aromatic hydroxyl groups is 1. The maximum atomic E-state index is 11.8. The molecule has 0 aliphatic heterocycles. The van der Waals surface area contributed by atoms with Crippen molar-refractivity contribution >= 4 is 22.8 Å². The molecule has 2 heterocycles. The van der Waals surface area contributed by atoms with Crippen molar-refractivity contribution in [3.8, 4) is 11.4 Å². The van der Waals surface area contributed by atoms with Crippen molar-refractivity contribution in [3.05, 3.63) is 47.2 Å². The molecule has 5 N–H and O–H groups in total. The average molecular weight is 296 g/mol. The van der Waals surface area contributed by atoms with Crippen molar-refractivity contribution in [3.63, 3.8) is 0 Å². The fourth-order valence-electron chi connectivity index (χ4n) is 2.79. The zero-order valence-corrected chi connectivity index (χ0v) is 12.3. The molecule has 112 valence electrons. The summed E-state index contributed by atoms with van der Waals surface area (Å²) < 4.78 is 1.67. The monoisotopic (exact) mass is 296 g/mol. The first kappa shape index (κ1) is 13.9. The van der Waals surface area contributed by atoms with Crippen molar-refractivity contribution in [2.45, 2.75) is 13.8 Å². The van der Waals surface area contributed by atoms with Crippen LogP contribution in [0.4, 0.5) is 5.82 Å². The number of anilines is 1. The van der Waals surface area contributed by atoms with E-state index in [1.807, 2.05) is 6.92 Å². The minimum Gasteiger partial charge on any atom is -0.508 e. The van der Waals surface area contributed by atoms with Gasteiger partial charge >= 0.3 is 0 Å². The van der Waals surface area contributed by atoms with E-state index in [2.05, 4.69) is 4.98 Å². The number of aromatic nitrogens is 2. The van der Waals surface area contributed by atoms with Gasteiger partial charge < -0.3 is 16.6 Å². The second kappa shape index (κ2) is 4.77. The van der Waals surface area contributed by atoms with Gasteiger partial charge in [-0.3, -0.25) is 9.36 Å². The second-order valence-electron chi connectivity index (χ2n) is 5.21. The molecule has 0 fully saturated rings. The molecule has 0 aliphatic carbocycles. The van der Waals surface area contributed by atoms with Gasteiger partial charge in [0.2, 0.25) is 0 Å². The second-order valence-corrected chi connectivity index (χ2v) is 5.21. The molecule has 0 aliphatic rings. The van der Waals surface area contributed by atoms with Crippen molar-refractivity contribution in [1.29, 1.82) is 0 Å². The summed E-state index contributed by atoms with van der Waals surface area (Å²) in [4.78, 5) is 16.1. The summed E-state index contributed by atoms with van der Waals surface area (Å²) in [6, 6.07) is 6.89. The number of primary amides is 1. The number of carbonyl (C=O) groups is 1. The van der Waals surface area contributed by atoms with E-state index >= 15 is 0 Å². The van der Waals surface area contributed by atoms with E-state index < -0.39 is 5.91 Å². The summed E-state index contributed by atoms with van der Waals surface area (Å²) in [6.07, 6.45) is 1.62. The highest BCUT2D eigenvalue weighted by Gasteiger charge is 2.23. The summed E-state index contributed by atoms with van der Waals surface area (Å²) in [5, 5.41) is 10.6. The van der Waals surface area contributed by atoms with E-state index in [9.17, 15) is 9.90 Å². The number of aryl methyl sites for hydroxylation is 1. The number of amides is 1. The molecule has 0 spiro atoms. The topological polar surface area (TPSA) is 107 Å². The van der Waals surface area contributed by atoms with Crippen LogP contribution in [-0.4, -0.2) is 20.6 Å². The SMILES string of the molecule is Cc1ccc(O)c(C)c1-n1c(N)c(C(N)=O)c2cccnc21. The van der Waals surface area contributed by atoms with Crippen molar-refractivity contribution in [2.24, 2.45) is 5.73 Å². The Hall–Kier alpha value is -3.02. The summed E-state index contributed by atoms with van der Waals surface area (Å²) in [5.41, 5.74) is 14.7. The summed E-state index contributed by atoms with van der Waals surface area (Å²) in [6.45, 7) is 3.69. The average Bonchev–Trinajstić information content (AvgIpc) is 2.76. The molecule has 2 aromatic heterocycles. The van der Waals surface area contributed by atoms with Gasteiger partial charge in [0, 0.05) is 17.1 Å². The van der Waals surface area contributed by atoms with E-state index in [0.29, 0.717) is 22.3 Å². The van der Waals surface area contributed by atoms with Gasteiger partial charge in [-0.25, -0.2) is 4.98 Å². The number of phenolic OH excluding ortho intramolecular Hbond substituents is 1. The van der Waals surface area contributed by atoms with E-state index in [-0.39, 0.29) is 17.1 Å². The Balaban J connectivity index is 2.51. The molecule has 3 rings (SSSR count). The molecule has 0 saturated heterocycles. The van der Waals surface area contributed by atoms with Gasteiger partial charge in [-0.2, -0.15) is 0 Å². The maximum absolute atomic E-state index is 11.8. The van der Waals surface area contributed by atoms with Crippen LogP contribution in [0, 0.1) is 13.8 Å². The van der Waals surface area contributed by atoms with Gasteiger partial charge in [0.25, 0.3) is 5.91 Å².